The van der Waals surface area contributed by atoms with E-state index in [-0.39, 0.29) is 0 Å². The van der Waals surface area contributed by atoms with Gasteiger partial charge in [0.25, 0.3) is 0 Å². The molecule has 1 saturated carbocycles. The Morgan fingerprint density at radius 1 is 1.17 bits per heavy atom. The van der Waals surface area contributed by atoms with Gasteiger partial charge in [0.15, 0.2) is 0 Å². The van der Waals surface area contributed by atoms with E-state index in [4.69, 9.17) is 10.7 Å². The van der Waals surface area contributed by atoms with Crippen molar-refractivity contribution in [3.05, 3.63) is 11.5 Å². The van der Waals surface area contributed by atoms with Crippen LogP contribution in [-0.2, 0) is 13.0 Å². The fourth-order valence-corrected chi connectivity index (χ4v) is 3.69. The van der Waals surface area contributed by atoms with Gasteiger partial charge in [-0.25, -0.2) is 4.98 Å². The average Bonchev–Trinajstić information content (AvgIpc) is 2.67. The third kappa shape index (κ3) is 2.04. The first-order valence-electron chi connectivity index (χ1n) is 7.50. The predicted molar refractivity (Wildman–Crippen MR) is 74.5 cm³/mol. The van der Waals surface area contributed by atoms with Gasteiger partial charge in [-0.15, -0.1) is 0 Å². The van der Waals surface area contributed by atoms with Crippen LogP contribution in [0.25, 0.3) is 0 Å². The smallest absolute Gasteiger partial charge is 0.127 e. The van der Waals surface area contributed by atoms with Gasteiger partial charge >= 0.3 is 0 Å². The Kier molecular flexibility index (Phi) is 3.08. The molecular weight excluding hydrogens is 222 g/mol. The molecule has 18 heavy (non-hydrogen) atoms. The van der Waals surface area contributed by atoms with Crippen LogP contribution in [0, 0.1) is 11.8 Å². The van der Waals surface area contributed by atoms with Crippen LogP contribution in [0.1, 0.15) is 63.4 Å². The lowest BCUT2D eigenvalue weighted by Gasteiger charge is -2.26. The molecule has 0 amide bonds. The van der Waals surface area contributed by atoms with Gasteiger partial charge in [0.1, 0.15) is 11.6 Å². The van der Waals surface area contributed by atoms with Crippen LogP contribution < -0.4 is 5.73 Å². The van der Waals surface area contributed by atoms with Gasteiger partial charge in [-0.1, -0.05) is 26.7 Å². The number of aryl methyl sites for hydroxylation is 1. The number of anilines is 1. The minimum absolute atomic E-state index is 0.613. The summed E-state index contributed by atoms with van der Waals surface area (Å²) in [5.41, 5.74) is 7.58. The lowest BCUT2D eigenvalue weighted by Crippen LogP contribution is -2.19. The molecule has 0 saturated heterocycles. The number of imidazole rings is 1. The van der Waals surface area contributed by atoms with E-state index in [9.17, 15) is 0 Å². The molecule has 1 fully saturated rings. The summed E-state index contributed by atoms with van der Waals surface area (Å²) < 4.78 is 2.28. The Balaban J connectivity index is 1.89. The summed E-state index contributed by atoms with van der Waals surface area (Å²) in [4.78, 5) is 4.88. The lowest BCUT2D eigenvalue weighted by atomic mass is 9.81. The van der Waals surface area contributed by atoms with Crippen molar-refractivity contribution in [2.75, 3.05) is 5.73 Å². The second-order valence-electron chi connectivity index (χ2n) is 6.52. The molecule has 2 N–H and O–H groups in total. The van der Waals surface area contributed by atoms with Crippen LogP contribution in [-0.4, -0.2) is 9.55 Å². The Labute approximate surface area is 110 Å². The average molecular weight is 247 g/mol. The van der Waals surface area contributed by atoms with Crippen LogP contribution in [0.3, 0.4) is 0 Å². The molecule has 3 atom stereocenters. The van der Waals surface area contributed by atoms with Crippen LogP contribution in [0.4, 0.5) is 5.82 Å². The van der Waals surface area contributed by atoms with Gasteiger partial charge in [-0.2, -0.15) is 0 Å². The molecule has 3 nitrogen and oxygen atoms in total. The topological polar surface area (TPSA) is 43.8 Å². The molecule has 3 rings (SSSR count). The monoisotopic (exact) mass is 247 g/mol. The number of aromatic nitrogens is 2. The van der Waals surface area contributed by atoms with E-state index in [1.807, 2.05) is 0 Å². The SMILES string of the molecule is CC1CCCC(c2nc3n(c2N)CC(C)CC3)C1. The van der Waals surface area contributed by atoms with Gasteiger partial charge in [-0.3, -0.25) is 0 Å². The summed E-state index contributed by atoms with van der Waals surface area (Å²) in [6, 6.07) is 0. The second kappa shape index (κ2) is 4.60. The zero-order chi connectivity index (χ0) is 12.7. The van der Waals surface area contributed by atoms with E-state index >= 15 is 0 Å². The maximum absolute atomic E-state index is 6.36. The van der Waals surface area contributed by atoms with E-state index in [1.54, 1.807) is 0 Å². The van der Waals surface area contributed by atoms with E-state index < -0.39 is 0 Å². The normalized spacial score (nSPS) is 32.2. The Morgan fingerprint density at radius 2 is 2.00 bits per heavy atom. The number of hydrogen-bond donors (Lipinski definition) is 1. The van der Waals surface area contributed by atoms with Crippen molar-refractivity contribution >= 4 is 5.82 Å². The molecule has 3 unspecified atom stereocenters. The number of nitrogens with zero attached hydrogens (tertiary/aromatic N) is 2. The summed E-state index contributed by atoms with van der Waals surface area (Å²) in [5, 5.41) is 0. The highest BCUT2D eigenvalue weighted by molar-refractivity contribution is 5.41. The molecule has 3 heteroatoms. The highest BCUT2D eigenvalue weighted by Crippen LogP contribution is 2.39. The third-order valence-corrected chi connectivity index (χ3v) is 4.79. The molecule has 1 aromatic rings. The van der Waals surface area contributed by atoms with E-state index in [2.05, 4.69) is 18.4 Å². The minimum atomic E-state index is 0.613. The molecule has 1 aliphatic carbocycles. The maximum atomic E-state index is 6.36. The molecule has 1 aliphatic heterocycles. The second-order valence-corrected chi connectivity index (χ2v) is 6.52. The summed E-state index contributed by atoms with van der Waals surface area (Å²) in [5.74, 6) is 4.39. The zero-order valence-electron chi connectivity index (χ0n) is 11.7. The van der Waals surface area contributed by atoms with Crippen molar-refractivity contribution in [3.8, 4) is 0 Å². The largest absolute Gasteiger partial charge is 0.384 e. The fraction of sp³-hybridized carbons (Fsp3) is 0.800. The number of nitrogen functional groups attached to an aromatic ring is 1. The van der Waals surface area contributed by atoms with Crippen molar-refractivity contribution in [1.82, 2.24) is 9.55 Å². The van der Waals surface area contributed by atoms with Crippen LogP contribution in [0.15, 0.2) is 0 Å². The lowest BCUT2D eigenvalue weighted by molar-refractivity contribution is 0.341. The summed E-state index contributed by atoms with van der Waals surface area (Å²) in [7, 11) is 0. The first kappa shape index (κ1) is 12.1. The number of fused-ring (bicyclic) bond motifs is 1. The zero-order valence-corrected chi connectivity index (χ0v) is 11.7. The molecule has 1 aromatic heterocycles. The van der Waals surface area contributed by atoms with Gasteiger partial charge in [0.05, 0.1) is 5.69 Å². The summed E-state index contributed by atoms with van der Waals surface area (Å²) in [6.07, 6.45) is 7.63. The van der Waals surface area contributed by atoms with Crippen molar-refractivity contribution < 1.29 is 0 Å². The standard InChI is InChI=1S/C15H25N3/c1-10-4-3-5-12(8-10)14-15(16)18-9-11(2)6-7-13(18)17-14/h10-12H,3-9,16H2,1-2H3. The molecule has 0 radical (unpaired) electrons. The maximum Gasteiger partial charge on any atom is 0.127 e. The van der Waals surface area contributed by atoms with E-state index in [0.717, 1.165) is 30.6 Å². The highest BCUT2D eigenvalue weighted by Gasteiger charge is 2.28. The van der Waals surface area contributed by atoms with Gasteiger partial charge < -0.3 is 10.3 Å². The predicted octanol–water partition coefficient (Wildman–Crippen LogP) is 3.34. The van der Waals surface area contributed by atoms with Crippen molar-refractivity contribution in [1.29, 1.82) is 0 Å². The Bertz CT molecular complexity index is 435. The summed E-state index contributed by atoms with van der Waals surface area (Å²) in [6.45, 7) is 5.74. The van der Waals surface area contributed by atoms with Crippen molar-refractivity contribution in [2.45, 2.75) is 64.8 Å². The molecule has 0 aromatic carbocycles. The highest BCUT2D eigenvalue weighted by atomic mass is 15.2. The van der Waals surface area contributed by atoms with Crippen molar-refractivity contribution in [3.63, 3.8) is 0 Å². The molecule has 2 heterocycles. The summed E-state index contributed by atoms with van der Waals surface area (Å²) >= 11 is 0. The van der Waals surface area contributed by atoms with E-state index in [0.29, 0.717) is 5.92 Å². The third-order valence-electron chi connectivity index (χ3n) is 4.79. The fourth-order valence-electron chi connectivity index (χ4n) is 3.69. The first-order chi connectivity index (χ1) is 8.65. The Morgan fingerprint density at radius 3 is 2.78 bits per heavy atom. The van der Waals surface area contributed by atoms with Gasteiger partial charge in [-0.05, 0) is 31.1 Å². The number of nitrogens with two attached hydrogens (primary N) is 1. The number of rotatable bonds is 1. The van der Waals surface area contributed by atoms with Crippen molar-refractivity contribution in [2.24, 2.45) is 11.8 Å². The quantitative estimate of drug-likeness (QED) is 0.827. The number of hydrogen-bond acceptors (Lipinski definition) is 2. The molecule has 100 valence electrons. The molecule has 0 spiro atoms. The van der Waals surface area contributed by atoms with E-state index in [1.165, 1.54) is 43.6 Å². The molecule has 0 bridgehead atoms. The van der Waals surface area contributed by atoms with Crippen LogP contribution >= 0.6 is 0 Å². The first-order valence-corrected chi connectivity index (χ1v) is 7.50. The molecular formula is C15H25N3. The van der Waals surface area contributed by atoms with Crippen LogP contribution in [0.5, 0.6) is 0 Å². The molecule has 2 aliphatic rings. The minimum Gasteiger partial charge on any atom is -0.384 e. The van der Waals surface area contributed by atoms with Crippen LogP contribution in [0.2, 0.25) is 0 Å². The van der Waals surface area contributed by atoms with Gasteiger partial charge in [0.2, 0.25) is 0 Å². The Hall–Kier alpha value is -0.990. The van der Waals surface area contributed by atoms with Gasteiger partial charge in [0, 0.05) is 18.9 Å².